The molecule has 0 saturated heterocycles. The molecular weight excluding hydrogens is 272 g/mol. The summed E-state index contributed by atoms with van der Waals surface area (Å²) in [5.74, 6) is 0. The zero-order valence-corrected chi connectivity index (χ0v) is 11.9. The first kappa shape index (κ1) is 12.8. The van der Waals surface area contributed by atoms with Crippen molar-refractivity contribution < 1.29 is 0 Å². The Bertz CT molecular complexity index is 700. The number of anilines is 1. The fraction of sp³-hybridized carbons (Fsp3) is 0.133. The van der Waals surface area contributed by atoms with Crippen LogP contribution < -0.4 is 5.32 Å². The number of hydrogen-bond donors (Lipinski definition) is 1. The first-order valence-electron chi connectivity index (χ1n) is 6.37. The number of halogens is 1. The number of benzene rings is 1. The number of aromatic nitrogens is 3. The molecule has 20 heavy (non-hydrogen) atoms. The van der Waals surface area contributed by atoms with E-state index in [1.807, 2.05) is 53.0 Å². The largest absolute Gasteiger partial charge is 0.379 e. The second kappa shape index (κ2) is 5.43. The normalized spacial score (nSPS) is 10.7. The molecule has 3 aromatic rings. The van der Waals surface area contributed by atoms with Gasteiger partial charge in [0.05, 0.1) is 11.4 Å². The third-order valence-electron chi connectivity index (χ3n) is 3.09. The molecule has 0 bridgehead atoms. The summed E-state index contributed by atoms with van der Waals surface area (Å²) < 4.78 is 3.85. The van der Waals surface area contributed by atoms with E-state index in [0.717, 1.165) is 17.9 Å². The molecule has 0 unspecified atom stereocenters. The smallest absolute Gasteiger partial charge is 0.0877 e. The Morgan fingerprint density at radius 3 is 2.85 bits per heavy atom. The first-order chi connectivity index (χ1) is 9.72. The van der Waals surface area contributed by atoms with Crippen LogP contribution in [0.25, 0.3) is 5.69 Å². The number of hydrogen-bond acceptors (Lipinski definition) is 2. The van der Waals surface area contributed by atoms with Gasteiger partial charge in [-0.25, -0.2) is 4.68 Å². The summed E-state index contributed by atoms with van der Waals surface area (Å²) in [6.07, 6.45) is 7.79. The molecule has 2 heterocycles. The van der Waals surface area contributed by atoms with Crippen LogP contribution in [0, 0.1) is 0 Å². The molecule has 4 nitrogen and oxygen atoms in total. The van der Waals surface area contributed by atoms with Gasteiger partial charge in [0.2, 0.25) is 0 Å². The molecule has 0 amide bonds. The van der Waals surface area contributed by atoms with Crippen LogP contribution in [0.2, 0.25) is 5.02 Å². The monoisotopic (exact) mass is 286 g/mol. The second-order valence-corrected chi connectivity index (χ2v) is 5.09. The quantitative estimate of drug-likeness (QED) is 0.797. The lowest BCUT2D eigenvalue weighted by atomic mass is 10.2. The third-order valence-corrected chi connectivity index (χ3v) is 3.32. The molecule has 0 aliphatic rings. The molecule has 0 aliphatic heterocycles. The zero-order valence-electron chi connectivity index (χ0n) is 11.1. The van der Waals surface area contributed by atoms with Gasteiger partial charge in [0.1, 0.15) is 0 Å². The molecule has 102 valence electrons. The summed E-state index contributed by atoms with van der Waals surface area (Å²) in [6, 6.07) is 9.73. The summed E-state index contributed by atoms with van der Waals surface area (Å²) in [7, 11) is 2.01. The molecular formula is C15H15ClN4. The van der Waals surface area contributed by atoms with E-state index in [4.69, 9.17) is 11.6 Å². The van der Waals surface area contributed by atoms with Crippen LogP contribution in [-0.2, 0) is 13.6 Å². The molecule has 0 spiro atoms. The fourth-order valence-corrected chi connectivity index (χ4v) is 2.30. The van der Waals surface area contributed by atoms with Gasteiger partial charge in [-0.1, -0.05) is 11.6 Å². The summed E-state index contributed by atoms with van der Waals surface area (Å²) in [4.78, 5) is 0. The molecule has 5 heteroatoms. The lowest BCUT2D eigenvalue weighted by Gasteiger charge is -2.12. The first-order valence-corrected chi connectivity index (χ1v) is 6.74. The maximum Gasteiger partial charge on any atom is 0.0877 e. The molecule has 2 aromatic heterocycles. The third kappa shape index (κ3) is 2.70. The van der Waals surface area contributed by atoms with E-state index in [9.17, 15) is 0 Å². The van der Waals surface area contributed by atoms with Crippen LogP contribution in [-0.4, -0.2) is 14.3 Å². The van der Waals surface area contributed by atoms with Gasteiger partial charge >= 0.3 is 0 Å². The van der Waals surface area contributed by atoms with Gasteiger partial charge in [0.25, 0.3) is 0 Å². The number of rotatable bonds is 4. The summed E-state index contributed by atoms with van der Waals surface area (Å²) in [6.45, 7) is 0.745. The van der Waals surface area contributed by atoms with Crippen molar-refractivity contribution in [3.05, 3.63) is 65.7 Å². The average molecular weight is 287 g/mol. The highest BCUT2D eigenvalue weighted by atomic mass is 35.5. The van der Waals surface area contributed by atoms with Gasteiger partial charge in [0.15, 0.2) is 0 Å². The highest BCUT2D eigenvalue weighted by Gasteiger charge is 2.06. The number of aryl methyl sites for hydroxylation is 1. The van der Waals surface area contributed by atoms with Crippen molar-refractivity contribution in [1.29, 1.82) is 0 Å². The SMILES string of the molecule is Cn1ccc(CNc2cc(Cl)ccc2-n2cccn2)c1. The molecule has 0 saturated carbocycles. The van der Waals surface area contributed by atoms with Crippen molar-refractivity contribution in [1.82, 2.24) is 14.3 Å². The van der Waals surface area contributed by atoms with E-state index < -0.39 is 0 Å². The van der Waals surface area contributed by atoms with Gasteiger partial charge in [-0.3, -0.25) is 0 Å². The van der Waals surface area contributed by atoms with Crippen molar-refractivity contribution >= 4 is 17.3 Å². The van der Waals surface area contributed by atoms with Gasteiger partial charge in [-0.2, -0.15) is 5.10 Å². The maximum absolute atomic E-state index is 6.09. The van der Waals surface area contributed by atoms with Crippen LogP contribution >= 0.6 is 11.6 Å². The van der Waals surface area contributed by atoms with E-state index in [-0.39, 0.29) is 0 Å². The Balaban J connectivity index is 1.86. The van der Waals surface area contributed by atoms with E-state index in [2.05, 4.69) is 22.7 Å². The van der Waals surface area contributed by atoms with Crippen molar-refractivity contribution in [3.8, 4) is 5.69 Å². The molecule has 0 aliphatic carbocycles. The Morgan fingerprint density at radius 2 is 2.15 bits per heavy atom. The van der Waals surface area contributed by atoms with E-state index in [0.29, 0.717) is 5.02 Å². The standard InChI is InChI=1S/C15H15ClN4/c1-19-8-5-12(11-19)10-17-14-9-13(16)3-4-15(14)20-7-2-6-18-20/h2-9,11,17H,10H2,1H3. The van der Waals surface area contributed by atoms with Crippen molar-refractivity contribution in [3.63, 3.8) is 0 Å². The molecule has 3 rings (SSSR count). The van der Waals surface area contributed by atoms with Crippen LogP contribution in [0.4, 0.5) is 5.69 Å². The Hall–Kier alpha value is -2.20. The van der Waals surface area contributed by atoms with Crippen LogP contribution in [0.3, 0.4) is 0 Å². The van der Waals surface area contributed by atoms with Gasteiger partial charge < -0.3 is 9.88 Å². The number of nitrogens with zero attached hydrogens (tertiary/aromatic N) is 3. The minimum absolute atomic E-state index is 0.705. The Kier molecular flexibility index (Phi) is 3.48. The highest BCUT2D eigenvalue weighted by Crippen LogP contribution is 2.24. The molecule has 0 radical (unpaired) electrons. The predicted molar refractivity (Wildman–Crippen MR) is 81.3 cm³/mol. The lowest BCUT2D eigenvalue weighted by Crippen LogP contribution is -2.04. The maximum atomic E-state index is 6.09. The van der Waals surface area contributed by atoms with Crippen LogP contribution in [0.15, 0.2) is 55.1 Å². The molecule has 1 N–H and O–H groups in total. The molecule has 1 aromatic carbocycles. The topological polar surface area (TPSA) is 34.8 Å². The average Bonchev–Trinajstić information content (AvgIpc) is 3.08. The zero-order chi connectivity index (χ0) is 13.9. The van der Waals surface area contributed by atoms with Crippen LogP contribution in [0.5, 0.6) is 0 Å². The van der Waals surface area contributed by atoms with Crippen molar-refractivity contribution in [2.24, 2.45) is 7.05 Å². The van der Waals surface area contributed by atoms with Crippen LogP contribution in [0.1, 0.15) is 5.56 Å². The Labute approximate surface area is 122 Å². The minimum atomic E-state index is 0.705. The summed E-state index contributed by atoms with van der Waals surface area (Å²) in [5.41, 5.74) is 3.17. The van der Waals surface area contributed by atoms with Gasteiger partial charge in [-0.15, -0.1) is 0 Å². The minimum Gasteiger partial charge on any atom is -0.379 e. The summed E-state index contributed by atoms with van der Waals surface area (Å²) in [5, 5.41) is 8.38. The van der Waals surface area contributed by atoms with E-state index >= 15 is 0 Å². The fourth-order valence-electron chi connectivity index (χ4n) is 2.12. The Morgan fingerprint density at radius 1 is 1.25 bits per heavy atom. The predicted octanol–water partition coefficient (Wildman–Crippen LogP) is 3.48. The second-order valence-electron chi connectivity index (χ2n) is 4.65. The lowest BCUT2D eigenvalue weighted by molar-refractivity contribution is 0.879. The van der Waals surface area contributed by atoms with Crippen molar-refractivity contribution in [2.45, 2.75) is 6.54 Å². The van der Waals surface area contributed by atoms with Crippen molar-refractivity contribution in [2.75, 3.05) is 5.32 Å². The highest BCUT2D eigenvalue weighted by molar-refractivity contribution is 6.31. The molecule has 0 atom stereocenters. The number of nitrogens with one attached hydrogen (secondary N) is 1. The van der Waals surface area contributed by atoms with E-state index in [1.165, 1.54) is 5.56 Å². The van der Waals surface area contributed by atoms with E-state index in [1.54, 1.807) is 6.20 Å². The molecule has 0 fully saturated rings. The van der Waals surface area contributed by atoms with Gasteiger partial charge in [-0.05, 0) is 35.9 Å². The van der Waals surface area contributed by atoms with Gasteiger partial charge in [0, 0.05) is 43.4 Å². The summed E-state index contributed by atoms with van der Waals surface area (Å²) >= 11 is 6.09.